The molecule has 1 aliphatic rings. The molecule has 0 aliphatic carbocycles. The van der Waals surface area contributed by atoms with Crippen molar-refractivity contribution in [1.29, 1.82) is 0 Å². The molecule has 17 heavy (non-hydrogen) atoms. The quantitative estimate of drug-likeness (QED) is 0.856. The van der Waals surface area contributed by atoms with E-state index in [1.165, 1.54) is 5.56 Å². The molecular formula is C13H18BrNO2. The summed E-state index contributed by atoms with van der Waals surface area (Å²) in [5, 5.41) is 0. The summed E-state index contributed by atoms with van der Waals surface area (Å²) in [7, 11) is 1.70. The van der Waals surface area contributed by atoms with Crippen LogP contribution in [0.5, 0.6) is 5.75 Å². The average molecular weight is 300 g/mol. The van der Waals surface area contributed by atoms with E-state index in [2.05, 4.69) is 26.9 Å². The number of hydrogen-bond donors (Lipinski definition) is 0. The van der Waals surface area contributed by atoms with Crippen LogP contribution in [0.15, 0.2) is 22.7 Å². The second-order valence-electron chi connectivity index (χ2n) is 4.20. The normalized spacial score (nSPS) is 17.8. The Balaban J connectivity index is 2.05. The van der Waals surface area contributed by atoms with Gasteiger partial charge in [-0.15, -0.1) is 0 Å². The van der Waals surface area contributed by atoms with Crippen LogP contribution in [0.25, 0.3) is 0 Å². The van der Waals surface area contributed by atoms with E-state index >= 15 is 0 Å². The van der Waals surface area contributed by atoms with E-state index in [4.69, 9.17) is 9.47 Å². The SMILES string of the molecule is COc1ccc(Br)c(CN2CCCOCC2)c1. The number of halogens is 1. The minimum atomic E-state index is 0.835. The zero-order valence-corrected chi connectivity index (χ0v) is 11.7. The Morgan fingerprint density at radius 2 is 2.24 bits per heavy atom. The summed E-state index contributed by atoms with van der Waals surface area (Å²) in [6.07, 6.45) is 1.11. The van der Waals surface area contributed by atoms with Crippen molar-refractivity contribution in [3.8, 4) is 5.75 Å². The Bertz CT molecular complexity index is 362. The predicted molar refractivity (Wildman–Crippen MR) is 71.4 cm³/mol. The molecule has 1 aliphatic heterocycles. The van der Waals surface area contributed by atoms with Gasteiger partial charge in [0.05, 0.1) is 13.7 Å². The first-order valence-corrected chi connectivity index (χ1v) is 6.71. The zero-order valence-electron chi connectivity index (χ0n) is 10.1. The molecular weight excluding hydrogens is 282 g/mol. The number of ether oxygens (including phenoxy) is 2. The van der Waals surface area contributed by atoms with Gasteiger partial charge in [0.1, 0.15) is 5.75 Å². The molecule has 0 bridgehead atoms. The number of hydrogen-bond acceptors (Lipinski definition) is 3. The summed E-state index contributed by atoms with van der Waals surface area (Å²) in [6, 6.07) is 6.11. The fraction of sp³-hybridized carbons (Fsp3) is 0.538. The largest absolute Gasteiger partial charge is 0.497 e. The molecule has 1 saturated heterocycles. The monoisotopic (exact) mass is 299 g/mol. The second-order valence-corrected chi connectivity index (χ2v) is 5.05. The Morgan fingerprint density at radius 3 is 3.06 bits per heavy atom. The molecule has 1 aromatic rings. The van der Waals surface area contributed by atoms with Gasteiger partial charge in [0.25, 0.3) is 0 Å². The van der Waals surface area contributed by atoms with Gasteiger partial charge < -0.3 is 9.47 Å². The molecule has 4 heteroatoms. The molecule has 0 saturated carbocycles. The third-order valence-electron chi connectivity index (χ3n) is 2.96. The molecule has 0 atom stereocenters. The van der Waals surface area contributed by atoms with E-state index in [0.29, 0.717) is 0 Å². The van der Waals surface area contributed by atoms with Crippen LogP contribution in [-0.4, -0.2) is 38.3 Å². The van der Waals surface area contributed by atoms with Gasteiger partial charge in [0.15, 0.2) is 0 Å². The first-order valence-electron chi connectivity index (χ1n) is 5.92. The Labute approximate surface area is 111 Å². The third kappa shape index (κ3) is 3.69. The topological polar surface area (TPSA) is 21.7 Å². The maximum absolute atomic E-state index is 5.46. The standard InChI is InChI=1S/C13H18BrNO2/c1-16-12-3-4-13(14)11(9-12)10-15-5-2-7-17-8-6-15/h3-4,9H,2,5-8,10H2,1H3. The maximum atomic E-state index is 5.46. The second kappa shape index (κ2) is 6.38. The Morgan fingerprint density at radius 1 is 1.35 bits per heavy atom. The van der Waals surface area contributed by atoms with Crippen molar-refractivity contribution in [2.45, 2.75) is 13.0 Å². The van der Waals surface area contributed by atoms with Crippen LogP contribution in [0, 0.1) is 0 Å². The summed E-state index contributed by atoms with van der Waals surface area (Å²) in [5.74, 6) is 0.911. The Kier molecular flexibility index (Phi) is 4.83. The predicted octanol–water partition coefficient (Wildman–Crippen LogP) is 2.68. The first kappa shape index (κ1) is 12.9. The summed E-state index contributed by atoms with van der Waals surface area (Å²) in [4.78, 5) is 2.42. The third-order valence-corrected chi connectivity index (χ3v) is 3.74. The van der Waals surface area contributed by atoms with Gasteiger partial charge in [0.2, 0.25) is 0 Å². The smallest absolute Gasteiger partial charge is 0.119 e. The van der Waals surface area contributed by atoms with Crippen LogP contribution < -0.4 is 4.74 Å². The van der Waals surface area contributed by atoms with E-state index in [1.807, 2.05) is 12.1 Å². The lowest BCUT2D eigenvalue weighted by atomic mass is 10.2. The lowest BCUT2D eigenvalue weighted by molar-refractivity contribution is 0.140. The minimum absolute atomic E-state index is 0.835. The van der Waals surface area contributed by atoms with Gasteiger partial charge in [0, 0.05) is 30.7 Å². The van der Waals surface area contributed by atoms with Gasteiger partial charge in [-0.2, -0.15) is 0 Å². The highest BCUT2D eigenvalue weighted by molar-refractivity contribution is 9.10. The highest BCUT2D eigenvalue weighted by atomic mass is 79.9. The Hall–Kier alpha value is -0.580. The summed E-state index contributed by atoms with van der Waals surface area (Å²) in [5.41, 5.74) is 1.27. The summed E-state index contributed by atoms with van der Waals surface area (Å²) >= 11 is 3.59. The van der Waals surface area contributed by atoms with E-state index in [9.17, 15) is 0 Å². The van der Waals surface area contributed by atoms with Crippen molar-refractivity contribution >= 4 is 15.9 Å². The van der Waals surface area contributed by atoms with Gasteiger partial charge in [-0.05, 0) is 30.2 Å². The lowest BCUT2D eigenvalue weighted by Crippen LogP contribution is -2.26. The number of rotatable bonds is 3. The van der Waals surface area contributed by atoms with Crippen molar-refractivity contribution in [2.75, 3.05) is 33.4 Å². The molecule has 1 heterocycles. The maximum Gasteiger partial charge on any atom is 0.119 e. The molecule has 3 nitrogen and oxygen atoms in total. The summed E-state index contributed by atoms with van der Waals surface area (Å²) in [6.45, 7) is 4.77. The molecule has 0 radical (unpaired) electrons. The van der Waals surface area contributed by atoms with Crippen molar-refractivity contribution < 1.29 is 9.47 Å². The number of nitrogens with zero attached hydrogens (tertiary/aromatic N) is 1. The minimum Gasteiger partial charge on any atom is -0.497 e. The molecule has 2 rings (SSSR count). The van der Waals surface area contributed by atoms with E-state index < -0.39 is 0 Å². The fourth-order valence-corrected chi connectivity index (χ4v) is 2.37. The fourth-order valence-electron chi connectivity index (χ4n) is 2.00. The summed E-state index contributed by atoms with van der Waals surface area (Å²) < 4.78 is 11.9. The van der Waals surface area contributed by atoms with E-state index in [-0.39, 0.29) is 0 Å². The van der Waals surface area contributed by atoms with Gasteiger partial charge >= 0.3 is 0 Å². The van der Waals surface area contributed by atoms with Gasteiger partial charge in [-0.1, -0.05) is 15.9 Å². The molecule has 0 amide bonds. The molecule has 0 aromatic heterocycles. The molecule has 0 unspecified atom stereocenters. The van der Waals surface area contributed by atoms with Crippen LogP contribution in [0.1, 0.15) is 12.0 Å². The van der Waals surface area contributed by atoms with Crippen LogP contribution in [-0.2, 0) is 11.3 Å². The van der Waals surface area contributed by atoms with Crippen molar-refractivity contribution in [2.24, 2.45) is 0 Å². The van der Waals surface area contributed by atoms with Crippen LogP contribution in [0.4, 0.5) is 0 Å². The molecule has 94 valence electrons. The highest BCUT2D eigenvalue weighted by Gasteiger charge is 2.11. The van der Waals surface area contributed by atoms with Crippen molar-refractivity contribution in [1.82, 2.24) is 4.90 Å². The van der Waals surface area contributed by atoms with Crippen molar-refractivity contribution in [3.63, 3.8) is 0 Å². The average Bonchev–Trinajstić information content (AvgIpc) is 2.60. The van der Waals surface area contributed by atoms with Gasteiger partial charge in [-0.3, -0.25) is 4.90 Å². The zero-order chi connectivity index (χ0) is 12.1. The number of methoxy groups -OCH3 is 1. The first-order chi connectivity index (χ1) is 8.29. The van der Waals surface area contributed by atoms with E-state index in [1.54, 1.807) is 7.11 Å². The molecule has 1 fully saturated rings. The van der Waals surface area contributed by atoms with Crippen LogP contribution in [0.2, 0.25) is 0 Å². The molecule has 1 aromatic carbocycles. The van der Waals surface area contributed by atoms with Crippen molar-refractivity contribution in [3.05, 3.63) is 28.2 Å². The molecule has 0 N–H and O–H groups in total. The van der Waals surface area contributed by atoms with Crippen LogP contribution in [0.3, 0.4) is 0 Å². The van der Waals surface area contributed by atoms with E-state index in [0.717, 1.165) is 49.5 Å². The highest BCUT2D eigenvalue weighted by Crippen LogP contribution is 2.24. The number of benzene rings is 1. The lowest BCUT2D eigenvalue weighted by Gasteiger charge is -2.20. The molecule has 0 spiro atoms. The van der Waals surface area contributed by atoms with Crippen LogP contribution >= 0.6 is 15.9 Å². The van der Waals surface area contributed by atoms with Gasteiger partial charge in [-0.25, -0.2) is 0 Å².